The van der Waals surface area contributed by atoms with Gasteiger partial charge in [0.2, 0.25) is 0 Å². The van der Waals surface area contributed by atoms with E-state index >= 15 is 0 Å². The summed E-state index contributed by atoms with van der Waals surface area (Å²) in [5, 5.41) is 2.85. The topological polar surface area (TPSA) is 67.3 Å². The normalized spacial score (nSPS) is 19.8. The van der Waals surface area contributed by atoms with Gasteiger partial charge in [0.1, 0.15) is 5.60 Å². The number of ether oxygens (including phenoxy) is 1. The third-order valence-electron chi connectivity index (χ3n) is 5.84. The number of nitrogens with one attached hydrogen (secondary N) is 1. The molecule has 1 aliphatic heterocycles. The van der Waals surface area contributed by atoms with Crippen LogP contribution >= 0.6 is 0 Å². The monoisotopic (exact) mass is 424 g/mol. The lowest BCUT2D eigenvalue weighted by atomic mass is 9.89. The SMILES string of the molecule is Cc1cccnc1C1CCCC(c2ncccc2CCCNC(=O)OC(C)(C)C)N1C. The lowest BCUT2D eigenvalue weighted by Crippen LogP contribution is -2.35. The summed E-state index contributed by atoms with van der Waals surface area (Å²) in [6, 6.07) is 8.90. The number of alkyl carbamates (subject to hydrolysis) is 1. The molecule has 3 heterocycles. The van der Waals surface area contributed by atoms with E-state index in [4.69, 9.17) is 14.7 Å². The standard InChI is InChI=1S/C25H36N4O2/c1-18-10-7-15-26-22(18)20-13-6-14-21(29(20)5)23-19(11-8-16-27-23)12-9-17-28-24(30)31-25(2,3)4/h7-8,10-11,15-16,20-21H,6,9,12-14,17H2,1-5H3,(H,28,30). The van der Waals surface area contributed by atoms with E-state index in [1.807, 2.05) is 45.3 Å². The fourth-order valence-electron chi connectivity index (χ4n) is 4.38. The van der Waals surface area contributed by atoms with Gasteiger partial charge >= 0.3 is 6.09 Å². The molecule has 0 spiro atoms. The van der Waals surface area contributed by atoms with E-state index in [0.717, 1.165) is 37.8 Å². The Kier molecular flexibility index (Phi) is 7.65. The first-order chi connectivity index (χ1) is 14.8. The molecule has 1 aliphatic rings. The van der Waals surface area contributed by atoms with Crippen LogP contribution in [0.3, 0.4) is 0 Å². The quantitative estimate of drug-likeness (QED) is 0.650. The molecule has 0 aromatic carbocycles. The van der Waals surface area contributed by atoms with Gasteiger partial charge in [0, 0.05) is 18.9 Å². The van der Waals surface area contributed by atoms with Crippen LogP contribution in [0, 0.1) is 6.92 Å². The summed E-state index contributed by atoms with van der Waals surface area (Å²) < 4.78 is 5.31. The van der Waals surface area contributed by atoms with Crippen molar-refractivity contribution in [3.8, 4) is 0 Å². The number of carbonyl (C=O) groups is 1. The maximum atomic E-state index is 11.9. The number of rotatable bonds is 6. The molecule has 2 aromatic heterocycles. The van der Waals surface area contributed by atoms with Crippen molar-refractivity contribution in [1.82, 2.24) is 20.2 Å². The number of pyridine rings is 2. The number of aromatic nitrogens is 2. The molecule has 0 saturated carbocycles. The van der Waals surface area contributed by atoms with E-state index < -0.39 is 5.60 Å². The van der Waals surface area contributed by atoms with Crippen LogP contribution in [0.2, 0.25) is 0 Å². The Bertz CT molecular complexity index is 878. The zero-order valence-corrected chi connectivity index (χ0v) is 19.5. The number of hydrogen-bond acceptors (Lipinski definition) is 5. The Hall–Kier alpha value is -2.47. The van der Waals surface area contributed by atoms with Gasteiger partial charge in [-0.15, -0.1) is 0 Å². The molecule has 6 nitrogen and oxygen atoms in total. The Morgan fingerprint density at radius 3 is 2.45 bits per heavy atom. The van der Waals surface area contributed by atoms with Crippen LogP contribution in [0.15, 0.2) is 36.7 Å². The van der Waals surface area contributed by atoms with Gasteiger partial charge in [0.15, 0.2) is 0 Å². The zero-order chi connectivity index (χ0) is 22.4. The molecule has 1 fully saturated rings. The smallest absolute Gasteiger partial charge is 0.407 e. The van der Waals surface area contributed by atoms with Crippen LogP contribution in [0.5, 0.6) is 0 Å². The Balaban J connectivity index is 1.65. The molecule has 0 radical (unpaired) electrons. The number of piperidine rings is 1. The molecule has 1 saturated heterocycles. The van der Waals surface area contributed by atoms with Gasteiger partial charge in [0.25, 0.3) is 0 Å². The molecule has 1 N–H and O–H groups in total. The molecule has 31 heavy (non-hydrogen) atoms. The number of carbonyl (C=O) groups excluding carboxylic acids is 1. The summed E-state index contributed by atoms with van der Waals surface area (Å²) in [5.74, 6) is 0. The minimum Gasteiger partial charge on any atom is -0.444 e. The van der Waals surface area contributed by atoms with E-state index in [0.29, 0.717) is 12.6 Å². The first kappa shape index (κ1) is 23.2. The van der Waals surface area contributed by atoms with Gasteiger partial charge in [-0.3, -0.25) is 14.9 Å². The first-order valence-electron chi connectivity index (χ1n) is 11.3. The van der Waals surface area contributed by atoms with Gasteiger partial charge in [-0.25, -0.2) is 4.79 Å². The van der Waals surface area contributed by atoms with Crippen LogP contribution in [0.4, 0.5) is 4.79 Å². The van der Waals surface area contributed by atoms with Crippen molar-refractivity contribution in [3.05, 3.63) is 59.2 Å². The second kappa shape index (κ2) is 10.2. The highest BCUT2D eigenvalue weighted by Crippen LogP contribution is 2.40. The number of aryl methyl sites for hydroxylation is 2. The van der Waals surface area contributed by atoms with Gasteiger partial charge in [0.05, 0.1) is 23.5 Å². The van der Waals surface area contributed by atoms with Crippen molar-refractivity contribution in [3.63, 3.8) is 0 Å². The van der Waals surface area contributed by atoms with Crippen molar-refractivity contribution < 1.29 is 9.53 Å². The van der Waals surface area contributed by atoms with Gasteiger partial charge in [-0.1, -0.05) is 12.1 Å². The van der Waals surface area contributed by atoms with E-state index in [1.54, 1.807) is 0 Å². The largest absolute Gasteiger partial charge is 0.444 e. The van der Waals surface area contributed by atoms with E-state index in [-0.39, 0.29) is 12.1 Å². The summed E-state index contributed by atoms with van der Waals surface area (Å²) in [4.78, 5) is 23.8. The van der Waals surface area contributed by atoms with Crippen LogP contribution in [0.1, 0.15) is 81.1 Å². The number of amides is 1. The minimum atomic E-state index is -0.478. The summed E-state index contributed by atoms with van der Waals surface area (Å²) in [5.41, 5.74) is 4.35. The number of hydrogen-bond donors (Lipinski definition) is 1. The maximum Gasteiger partial charge on any atom is 0.407 e. The maximum absolute atomic E-state index is 11.9. The molecule has 1 amide bonds. The number of nitrogens with zero attached hydrogens (tertiary/aromatic N) is 3. The van der Waals surface area contributed by atoms with Crippen LogP contribution in [0.25, 0.3) is 0 Å². The predicted molar refractivity (Wildman–Crippen MR) is 123 cm³/mol. The summed E-state index contributed by atoms with van der Waals surface area (Å²) in [6.45, 7) is 8.34. The van der Waals surface area contributed by atoms with Crippen LogP contribution < -0.4 is 5.32 Å². The van der Waals surface area contributed by atoms with E-state index in [9.17, 15) is 4.79 Å². The lowest BCUT2D eigenvalue weighted by Gasteiger charge is -2.40. The first-order valence-corrected chi connectivity index (χ1v) is 11.3. The zero-order valence-electron chi connectivity index (χ0n) is 19.5. The molecule has 2 atom stereocenters. The van der Waals surface area contributed by atoms with Crippen molar-refractivity contribution >= 4 is 6.09 Å². The average Bonchev–Trinajstić information content (AvgIpc) is 2.71. The highest BCUT2D eigenvalue weighted by molar-refractivity contribution is 5.67. The third kappa shape index (κ3) is 6.26. The van der Waals surface area contributed by atoms with Gasteiger partial charge < -0.3 is 10.1 Å². The molecule has 2 unspecified atom stereocenters. The Morgan fingerprint density at radius 1 is 1.13 bits per heavy atom. The summed E-state index contributed by atoms with van der Waals surface area (Å²) in [6.07, 6.45) is 8.51. The fraction of sp³-hybridized carbons (Fsp3) is 0.560. The molecule has 2 aromatic rings. The second-order valence-electron chi connectivity index (χ2n) is 9.41. The van der Waals surface area contributed by atoms with Crippen molar-refractivity contribution in [1.29, 1.82) is 0 Å². The highest BCUT2D eigenvalue weighted by atomic mass is 16.6. The van der Waals surface area contributed by atoms with Gasteiger partial charge in [-0.05, 0) is 90.1 Å². The second-order valence-corrected chi connectivity index (χ2v) is 9.41. The molecule has 168 valence electrons. The molecule has 0 bridgehead atoms. The Labute approximate surface area is 186 Å². The lowest BCUT2D eigenvalue weighted by molar-refractivity contribution is 0.0527. The summed E-state index contributed by atoms with van der Waals surface area (Å²) >= 11 is 0. The number of likely N-dealkylation sites (tertiary alicyclic amines) is 1. The molecule has 6 heteroatoms. The molecule has 0 aliphatic carbocycles. The average molecular weight is 425 g/mol. The Morgan fingerprint density at radius 2 is 1.77 bits per heavy atom. The van der Waals surface area contributed by atoms with Crippen molar-refractivity contribution in [2.45, 2.75) is 77.5 Å². The predicted octanol–water partition coefficient (Wildman–Crippen LogP) is 5.14. The minimum absolute atomic E-state index is 0.273. The molecular weight excluding hydrogens is 388 g/mol. The van der Waals surface area contributed by atoms with E-state index in [2.05, 4.69) is 36.3 Å². The fourth-order valence-corrected chi connectivity index (χ4v) is 4.38. The van der Waals surface area contributed by atoms with E-state index in [1.165, 1.54) is 16.8 Å². The third-order valence-corrected chi connectivity index (χ3v) is 5.84. The van der Waals surface area contributed by atoms with Crippen molar-refractivity contribution in [2.75, 3.05) is 13.6 Å². The van der Waals surface area contributed by atoms with Crippen LogP contribution in [-0.2, 0) is 11.2 Å². The molecular formula is C25H36N4O2. The van der Waals surface area contributed by atoms with Gasteiger partial charge in [-0.2, -0.15) is 0 Å². The molecule has 3 rings (SSSR count). The highest BCUT2D eigenvalue weighted by Gasteiger charge is 2.32. The summed E-state index contributed by atoms with van der Waals surface area (Å²) in [7, 11) is 2.20. The van der Waals surface area contributed by atoms with Crippen LogP contribution in [-0.4, -0.2) is 40.2 Å². The van der Waals surface area contributed by atoms with Crippen molar-refractivity contribution in [2.24, 2.45) is 0 Å².